The zero-order valence-electron chi connectivity index (χ0n) is 11.9. The summed E-state index contributed by atoms with van der Waals surface area (Å²) in [5, 5.41) is 3.44. The Bertz CT molecular complexity index is 624. The topological polar surface area (TPSA) is 39.1 Å². The van der Waals surface area contributed by atoms with Crippen molar-refractivity contribution in [3.8, 4) is 5.75 Å². The van der Waals surface area contributed by atoms with E-state index in [1.807, 2.05) is 0 Å². The van der Waals surface area contributed by atoms with Gasteiger partial charge in [0.15, 0.2) is 0 Å². The largest absolute Gasteiger partial charge is 0.497 e. The first kappa shape index (κ1) is 12.2. The molecule has 0 radical (unpaired) electrons. The van der Waals surface area contributed by atoms with Gasteiger partial charge in [-0.2, -0.15) is 0 Å². The Morgan fingerprint density at radius 2 is 2.00 bits per heavy atom. The Labute approximate surface area is 119 Å². The minimum Gasteiger partial charge on any atom is -0.497 e. The molecule has 2 fully saturated rings. The van der Waals surface area contributed by atoms with Gasteiger partial charge in [-0.1, -0.05) is 0 Å². The highest BCUT2D eigenvalue weighted by Gasteiger charge is 2.31. The van der Waals surface area contributed by atoms with E-state index >= 15 is 0 Å². The van der Waals surface area contributed by atoms with Gasteiger partial charge < -0.3 is 14.6 Å². The SMILES string of the molecule is COc1ccc2c(c1)nc(C1CCNCC1)n2C1CC1. The number of piperidine rings is 1. The number of methoxy groups -OCH3 is 1. The summed E-state index contributed by atoms with van der Waals surface area (Å²) >= 11 is 0. The third kappa shape index (κ3) is 1.99. The minimum absolute atomic E-state index is 0.607. The van der Waals surface area contributed by atoms with E-state index < -0.39 is 0 Å². The number of rotatable bonds is 3. The van der Waals surface area contributed by atoms with Crippen molar-refractivity contribution in [3.05, 3.63) is 24.0 Å². The lowest BCUT2D eigenvalue weighted by molar-refractivity contribution is 0.415. The molecule has 1 aromatic carbocycles. The summed E-state index contributed by atoms with van der Waals surface area (Å²) in [6.45, 7) is 2.23. The lowest BCUT2D eigenvalue weighted by atomic mass is 9.97. The smallest absolute Gasteiger partial charge is 0.121 e. The standard InChI is InChI=1S/C16H21N3O/c1-20-13-4-5-15-14(10-13)18-16(19(15)12-2-3-12)11-6-8-17-9-7-11/h4-5,10-12,17H,2-3,6-9H2,1H3. The molecule has 0 spiro atoms. The maximum Gasteiger partial charge on any atom is 0.121 e. The molecule has 0 atom stereocenters. The van der Waals surface area contributed by atoms with Crippen molar-refractivity contribution in [2.75, 3.05) is 20.2 Å². The fourth-order valence-electron chi connectivity index (χ4n) is 3.31. The maximum atomic E-state index is 5.33. The second-order valence-electron chi connectivity index (χ2n) is 5.95. The van der Waals surface area contributed by atoms with Gasteiger partial charge in [-0.15, -0.1) is 0 Å². The molecule has 106 valence electrons. The zero-order chi connectivity index (χ0) is 13.5. The molecule has 1 saturated carbocycles. The summed E-state index contributed by atoms with van der Waals surface area (Å²) in [5.41, 5.74) is 2.37. The number of benzene rings is 1. The number of aromatic nitrogens is 2. The molecule has 1 N–H and O–H groups in total. The minimum atomic E-state index is 0.607. The van der Waals surface area contributed by atoms with Crippen molar-refractivity contribution in [1.29, 1.82) is 0 Å². The predicted molar refractivity (Wildman–Crippen MR) is 79.4 cm³/mol. The summed E-state index contributed by atoms with van der Waals surface area (Å²) in [7, 11) is 1.72. The molecule has 0 unspecified atom stereocenters. The van der Waals surface area contributed by atoms with E-state index in [9.17, 15) is 0 Å². The molecular formula is C16H21N3O. The average Bonchev–Trinajstić information content (AvgIpc) is 3.27. The van der Waals surface area contributed by atoms with E-state index in [2.05, 4.69) is 28.1 Å². The first-order valence-electron chi connectivity index (χ1n) is 7.63. The number of hydrogen-bond donors (Lipinski definition) is 1. The Kier molecular flexibility index (Phi) is 2.91. The van der Waals surface area contributed by atoms with E-state index in [-0.39, 0.29) is 0 Å². The fraction of sp³-hybridized carbons (Fsp3) is 0.562. The number of ether oxygens (including phenoxy) is 1. The van der Waals surface area contributed by atoms with Gasteiger partial charge in [-0.05, 0) is 50.9 Å². The van der Waals surface area contributed by atoms with Crippen molar-refractivity contribution in [1.82, 2.24) is 14.9 Å². The van der Waals surface area contributed by atoms with Crippen molar-refractivity contribution in [3.63, 3.8) is 0 Å². The highest BCUT2D eigenvalue weighted by molar-refractivity contribution is 5.78. The van der Waals surface area contributed by atoms with E-state index in [0.29, 0.717) is 12.0 Å². The Balaban J connectivity index is 1.83. The van der Waals surface area contributed by atoms with Crippen LogP contribution in [0.4, 0.5) is 0 Å². The predicted octanol–water partition coefficient (Wildman–Crippen LogP) is 2.85. The average molecular weight is 271 g/mol. The van der Waals surface area contributed by atoms with Crippen molar-refractivity contribution in [2.24, 2.45) is 0 Å². The second-order valence-corrected chi connectivity index (χ2v) is 5.95. The van der Waals surface area contributed by atoms with E-state index in [1.165, 1.54) is 37.0 Å². The van der Waals surface area contributed by atoms with Crippen LogP contribution in [0.2, 0.25) is 0 Å². The molecule has 20 heavy (non-hydrogen) atoms. The first-order valence-corrected chi connectivity index (χ1v) is 7.63. The number of fused-ring (bicyclic) bond motifs is 1. The van der Waals surface area contributed by atoms with Crippen LogP contribution in [0.15, 0.2) is 18.2 Å². The number of hydrogen-bond acceptors (Lipinski definition) is 3. The van der Waals surface area contributed by atoms with E-state index in [0.717, 1.165) is 24.4 Å². The van der Waals surface area contributed by atoms with Crippen LogP contribution >= 0.6 is 0 Å². The van der Waals surface area contributed by atoms with Crippen LogP contribution in [-0.4, -0.2) is 29.8 Å². The van der Waals surface area contributed by atoms with Crippen molar-refractivity contribution in [2.45, 2.75) is 37.6 Å². The van der Waals surface area contributed by atoms with Gasteiger partial charge in [0.05, 0.1) is 18.1 Å². The van der Waals surface area contributed by atoms with Gasteiger partial charge in [-0.25, -0.2) is 4.98 Å². The number of nitrogens with zero attached hydrogens (tertiary/aromatic N) is 2. The van der Waals surface area contributed by atoms with E-state index in [1.54, 1.807) is 7.11 Å². The van der Waals surface area contributed by atoms with Crippen molar-refractivity contribution < 1.29 is 4.74 Å². The van der Waals surface area contributed by atoms with Gasteiger partial charge in [0.1, 0.15) is 11.6 Å². The molecule has 2 aromatic rings. The summed E-state index contributed by atoms with van der Waals surface area (Å²) in [6.07, 6.45) is 5.01. The first-order chi connectivity index (χ1) is 9.86. The quantitative estimate of drug-likeness (QED) is 0.933. The molecule has 1 saturated heterocycles. The molecule has 1 aromatic heterocycles. The molecule has 4 heteroatoms. The third-order valence-corrected chi connectivity index (χ3v) is 4.54. The fourth-order valence-corrected chi connectivity index (χ4v) is 3.31. The van der Waals surface area contributed by atoms with Crippen LogP contribution in [0.25, 0.3) is 11.0 Å². The third-order valence-electron chi connectivity index (χ3n) is 4.54. The van der Waals surface area contributed by atoms with Crippen LogP contribution in [0.1, 0.15) is 43.5 Å². The van der Waals surface area contributed by atoms with Crippen LogP contribution < -0.4 is 10.1 Å². The molecule has 2 heterocycles. The summed E-state index contributed by atoms with van der Waals surface area (Å²) in [4.78, 5) is 4.96. The van der Waals surface area contributed by atoms with Crippen LogP contribution in [-0.2, 0) is 0 Å². The molecule has 0 bridgehead atoms. The molecule has 1 aliphatic heterocycles. The Morgan fingerprint density at radius 3 is 2.70 bits per heavy atom. The van der Waals surface area contributed by atoms with Gasteiger partial charge >= 0.3 is 0 Å². The zero-order valence-corrected chi connectivity index (χ0v) is 11.9. The number of imidazole rings is 1. The van der Waals surface area contributed by atoms with Crippen LogP contribution in [0, 0.1) is 0 Å². The van der Waals surface area contributed by atoms with Crippen LogP contribution in [0.5, 0.6) is 5.75 Å². The lowest BCUT2D eigenvalue weighted by Crippen LogP contribution is -2.28. The summed E-state index contributed by atoms with van der Waals surface area (Å²) in [6, 6.07) is 6.97. The molecule has 2 aliphatic rings. The van der Waals surface area contributed by atoms with Gasteiger partial charge in [-0.3, -0.25) is 0 Å². The molecule has 1 aliphatic carbocycles. The second kappa shape index (κ2) is 4.77. The monoisotopic (exact) mass is 271 g/mol. The molecular weight excluding hydrogens is 250 g/mol. The summed E-state index contributed by atoms with van der Waals surface area (Å²) < 4.78 is 7.84. The normalized spacial score (nSPS) is 20.4. The van der Waals surface area contributed by atoms with Crippen LogP contribution in [0.3, 0.4) is 0 Å². The highest BCUT2D eigenvalue weighted by atomic mass is 16.5. The Morgan fingerprint density at radius 1 is 1.20 bits per heavy atom. The Hall–Kier alpha value is -1.55. The lowest BCUT2D eigenvalue weighted by Gasteiger charge is -2.23. The van der Waals surface area contributed by atoms with Gasteiger partial charge in [0.2, 0.25) is 0 Å². The van der Waals surface area contributed by atoms with Gasteiger partial charge in [0, 0.05) is 18.0 Å². The summed E-state index contributed by atoms with van der Waals surface area (Å²) in [5.74, 6) is 2.81. The van der Waals surface area contributed by atoms with Crippen molar-refractivity contribution >= 4 is 11.0 Å². The highest BCUT2D eigenvalue weighted by Crippen LogP contribution is 2.41. The van der Waals surface area contributed by atoms with E-state index in [4.69, 9.17) is 9.72 Å². The number of nitrogens with one attached hydrogen (secondary N) is 1. The molecule has 0 amide bonds. The van der Waals surface area contributed by atoms with Gasteiger partial charge in [0.25, 0.3) is 0 Å². The molecule has 4 nitrogen and oxygen atoms in total. The maximum absolute atomic E-state index is 5.33. The molecule has 4 rings (SSSR count).